The first kappa shape index (κ1) is 22.3. The summed E-state index contributed by atoms with van der Waals surface area (Å²) in [6.45, 7) is 0. The van der Waals surface area contributed by atoms with Crippen LogP contribution in [0.3, 0.4) is 0 Å². The summed E-state index contributed by atoms with van der Waals surface area (Å²) in [7, 11) is 3.57. The van der Waals surface area contributed by atoms with E-state index in [1.165, 1.54) is 30.5 Å². The third-order valence-corrected chi connectivity index (χ3v) is 4.47. The Hall–Kier alpha value is -4.87. The molecule has 12 heteroatoms. The molecule has 2 N–H and O–H groups in total. The van der Waals surface area contributed by atoms with Crippen molar-refractivity contribution in [1.82, 2.24) is 15.0 Å². The van der Waals surface area contributed by atoms with Crippen molar-refractivity contribution >= 4 is 35.4 Å². The van der Waals surface area contributed by atoms with Gasteiger partial charge in [0.25, 0.3) is 5.69 Å². The molecule has 11 nitrogen and oxygen atoms in total. The van der Waals surface area contributed by atoms with Crippen LogP contribution in [0.1, 0.15) is 5.76 Å². The molecular weight excluding hydrogens is 443 g/mol. The second-order valence-corrected chi connectivity index (χ2v) is 7.18. The highest BCUT2D eigenvalue weighted by Crippen LogP contribution is 2.24. The normalized spacial score (nSPS) is 10.9. The zero-order chi connectivity index (χ0) is 24.1. The number of non-ortho nitro benzene ring substituents is 1. The van der Waals surface area contributed by atoms with Crippen molar-refractivity contribution in [1.29, 1.82) is 0 Å². The predicted octanol–water partition coefficient (Wildman–Crippen LogP) is 4.43. The maximum atomic E-state index is 13.1. The first-order valence-electron chi connectivity index (χ1n) is 9.97. The third-order valence-electron chi connectivity index (χ3n) is 4.47. The van der Waals surface area contributed by atoms with Crippen molar-refractivity contribution in [3.8, 4) is 11.3 Å². The molecule has 34 heavy (non-hydrogen) atoms. The van der Waals surface area contributed by atoms with Crippen molar-refractivity contribution in [2.45, 2.75) is 0 Å². The van der Waals surface area contributed by atoms with Gasteiger partial charge in [0.2, 0.25) is 17.8 Å². The molecule has 0 atom stereocenters. The summed E-state index contributed by atoms with van der Waals surface area (Å²) in [5, 5.41) is 17.9. The van der Waals surface area contributed by atoms with Gasteiger partial charge in [0.15, 0.2) is 0 Å². The standard InChI is InChI=1S/C22H19FN8O3/c1-30(2)22-27-20(25-16-7-5-15(23)6-8-16)26-21(28-22)29-24-13-18-11-12-19(34-18)14-3-9-17(10-4-14)31(32)33/h3-13H,1-2H3,(H2,25,26,27,28,29)/b24-13+. The maximum Gasteiger partial charge on any atom is 0.269 e. The molecule has 0 aliphatic heterocycles. The molecular formula is C22H19FN8O3. The summed E-state index contributed by atoms with van der Waals surface area (Å²) < 4.78 is 18.9. The van der Waals surface area contributed by atoms with E-state index in [1.807, 2.05) is 0 Å². The molecule has 0 fully saturated rings. The molecule has 0 aliphatic carbocycles. The number of hydrogen-bond acceptors (Lipinski definition) is 10. The number of nitro groups is 1. The molecule has 0 saturated heterocycles. The molecule has 172 valence electrons. The van der Waals surface area contributed by atoms with Crippen molar-refractivity contribution in [2.75, 3.05) is 29.7 Å². The molecule has 4 rings (SSSR count). The summed E-state index contributed by atoms with van der Waals surface area (Å²) >= 11 is 0. The summed E-state index contributed by atoms with van der Waals surface area (Å²) in [5.41, 5.74) is 4.05. The number of nitrogens with one attached hydrogen (secondary N) is 2. The number of hydrazone groups is 1. The van der Waals surface area contributed by atoms with Gasteiger partial charge in [0, 0.05) is 37.5 Å². The fourth-order valence-corrected chi connectivity index (χ4v) is 2.81. The maximum absolute atomic E-state index is 13.1. The number of aromatic nitrogens is 3. The first-order chi connectivity index (χ1) is 16.4. The molecule has 2 heterocycles. The van der Waals surface area contributed by atoms with Gasteiger partial charge in [-0.15, -0.1) is 0 Å². The van der Waals surface area contributed by atoms with Crippen molar-refractivity contribution in [2.24, 2.45) is 5.10 Å². The van der Waals surface area contributed by atoms with Gasteiger partial charge in [0.05, 0.1) is 11.1 Å². The largest absolute Gasteiger partial charge is 0.455 e. The van der Waals surface area contributed by atoms with Gasteiger partial charge in [-0.3, -0.25) is 10.1 Å². The van der Waals surface area contributed by atoms with E-state index in [1.54, 1.807) is 55.4 Å². The van der Waals surface area contributed by atoms with Crippen LogP contribution in [0.5, 0.6) is 0 Å². The van der Waals surface area contributed by atoms with Gasteiger partial charge in [-0.1, -0.05) is 0 Å². The molecule has 0 saturated carbocycles. The lowest BCUT2D eigenvalue weighted by atomic mass is 10.1. The van der Waals surface area contributed by atoms with E-state index >= 15 is 0 Å². The Morgan fingerprint density at radius 3 is 2.38 bits per heavy atom. The van der Waals surface area contributed by atoms with E-state index in [4.69, 9.17) is 4.42 Å². The van der Waals surface area contributed by atoms with Crippen LogP contribution in [0.15, 0.2) is 70.2 Å². The zero-order valence-corrected chi connectivity index (χ0v) is 18.1. The smallest absolute Gasteiger partial charge is 0.269 e. The number of hydrogen-bond donors (Lipinski definition) is 2. The molecule has 2 aromatic carbocycles. The van der Waals surface area contributed by atoms with Gasteiger partial charge in [-0.25, -0.2) is 9.82 Å². The highest BCUT2D eigenvalue weighted by molar-refractivity contribution is 5.78. The van der Waals surface area contributed by atoms with E-state index in [-0.39, 0.29) is 23.4 Å². The Labute approximate surface area is 193 Å². The van der Waals surface area contributed by atoms with Crippen LogP contribution in [0.2, 0.25) is 0 Å². The lowest BCUT2D eigenvalue weighted by Crippen LogP contribution is -2.15. The van der Waals surface area contributed by atoms with Crippen LogP contribution in [-0.2, 0) is 0 Å². The van der Waals surface area contributed by atoms with Crippen LogP contribution in [0.4, 0.5) is 33.6 Å². The Morgan fingerprint density at radius 2 is 1.71 bits per heavy atom. The second kappa shape index (κ2) is 9.73. The zero-order valence-electron chi connectivity index (χ0n) is 18.1. The quantitative estimate of drug-likeness (QED) is 0.221. The van der Waals surface area contributed by atoms with Gasteiger partial charge in [0.1, 0.15) is 17.3 Å². The Morgan fingerprint density at radius 1 is 1.00 bits per heavy atom. The molecule has 2 aromatic heterocycles. The van der Waals surface area contributed by atoms with Gasteiger partial charge >= 0.3 is 0 Å². The van der Waals surface area contributed by atoms with E-state index in [2.05, 4.69) is 30.8 Å². The number of halogens is 1. The number of furan rings is 1. The number of benzene rings is 2. The summed E-state index contributed by atoms with van der Waals surface area (Å²) in [6.07, 6.45) is 1.45. The Balaban J connectivity index is 1.47. The predicted molar refractivity (Wildman–Crippen MR) is 126 cm³/mol. The lowest BCUT2D eigenvalue weighted by molar-refractivity contribution is -0.384. The van der Waals surface area contributed by atoms with Crippen LogP contribution in [0.25, 0.3) is 11.3 Å². The molecule has 0 bridgehead atoms. The van der Waals surface area contributed by atoms with E-state index in [0.29, 0.717) is 28.7 Å². The average molecular weight is 462 g/mol. The molecule has 0 aliphatic rings. The minimum Gasteiger partial charge on any atom is -0.455 e. The molecule has 4 aromatic rings. The van der Waals surface area contributed by atoms with Gasteiger partial charge < -0.3 is 14.6 Å². The monoisotopic (exact) mass is 462 g/mol. The van der Waals surface area contributed by atoms with Crippen molar-refractivity contribution < 1.29 is 13.7 Å². The van der Waals surface area contributed by atoms with Crippen LogP contribution in [0, 0.1) is 15.9 Å². The first-order valence-corrected chi connectivity index (χ1v) is 9.97. The molecule has 0 spiro atoms. The average Bonchev–Trinajstić information content (AvgIpc) is 3.29. The van der Waals surface area contributed by atoms with E-state index in [0.717, 1.165) is 0 Å². The van der Waals surface area contributed by atoms with Crippen LogP contribution < -0.4 is 15.6 Å². The highest BCUT2D eigenvalue weighted by atomic mass is 19.1. The van der Waals surface area contributed by atoms with Crippen LogP contribution in [-0.4, -0.2) is 40.2 Å². The minimum atomic E-state index is -0.459. The van der Waals surface area contributed by atoms with Gasteiger partial charge in [-0.2, -0.15) is 20.1 Å². The van der Waals surface area contributed by atoms with Crippen LogP contribution >= 0.6 is 0 Å². The molecule has 0 radical (unpaired) electrons. The van der Waals surface area contributed by atoms with E-state index in [9.17, 15) is 14.5 Å². The van der Waals surface area contributed by atoms with Crippen molar-refractivity contribution in [3.63, 3.8) is 0 Å². The lowest BCUT2D eigenvalue weighted by Gasteiger charge is -2.13. The number of anilines is 4. The summed E-state index contributed by atoms with van der Waals surface area (Å²) in [5.74, 6) is 1.46. The van der Waals surface area contributed by atoms with E-state index < -0.39 is 4.92 Å². The third kappa shape index (κ3) is 5.48. The van der Waals surface area contributed by atoms with Crippen molar-refractivity contribution in [3.05, 3.63) is 82.4 Å². The Kier molecular flexibility index (Phi) is 6.39. The molecule has 0 amide bonds. The molecule has 0 unspecified atom stereocenters. The number of nitrogens with zero attached hydrogens (tertiary/aromatic N) is 6. The summed E-state index contributed by atoms with van der Waals surface area (Å²) in [6, 6.07) is 15.3. The number of rotatable bonds is 8. The Bertz CT molecular complexity index is 1320. The highest BCUT2D eigenvalue weighted by Gasteiger charge is 2.10. The topological polar surface area (TPSA) is 135 Å². The SMILES string of the molecule is CN(C)c1nc(N/N=C/c2ccc(-c3ccc([N+](=O)[O-])cc3)o2)nc(Nc2ccc(F)cc2)n1. The number of nitro benzene ring substituents is 1. The summed E-state index contributed by atoms with van der Waals surface area (Å²) in [4.78, 5) is 24.9. The minimum absolute atomic E-state index is 0.00373. The fraction of sp³-hybridized carbons (Fsp3) is 0.0909. The second-order valence-electron chi connectivity index (χ2n) is 7.18. The fourth-order valence-electron chi connectivity index (χ4n) is 2.81. The van der Waals surface area contributed by atoms with Gasteiger partial charge in [-0.05, 0) is 48.5 Å².